The second-order valence-corrected chi connectivity index (χ2v) is 14.3. The summed E-state index contributed by atoms with van der Waals surface area (Å²) in [4.78, 5) is 15.4. The topological polar surface area (TPSA) is 51.8 Å². The van der Waals surface area contributed by atoms with Gasteiger partial charge < -0.3 is 4.42 Å². The lowest BCUT2D eigenvalue weighted by atomic mass is 9.90. The van der Waals surface area contributed by atoms with Crippen LogP contribution in [0, 0.1) is 0 Å². The maximum atomic E-state index is 6.61. The van der Waals surface area contributed by atoms with Crippen LogP contribution in [0.25, 0.3) is 93.7 Å². The Morgan fingerprint density at radius 2 is 1.00 bits per heavy atom. The Balaban J connectivity index is 1.11. The molecule has 4 heteroatoms. The highest BCUT2D eigenvalue weighted by molar-refractivity contribution is 6.26. The zero-order valence-corrected chi connectivity index (χ0v) is 29.9. The zero-order chi connectivity index (χ0) is 36.3. The molecular formula is C51H33N3O. The van der Waals surface area contributed by atoms with Crippen LogP contribution < -0.4 is 0 Å². The van der Waals surface area contributed by atoms with Crippen LogP contribution in [0.4, 0.5) is 0 Å². The first-order valence-electron chi connectivity index (χ1n) is 18.8. The van der Waals surface area contributed by atoms with Gasteiger partial charge in [-0.15, -0.1) is 0 Å². The van der Waals surface area contributed by atoms with Gasteiger partial charge in [0.1, 0.15) is 11.2 Å². The molecule has 0 saturated carbocycles. The lowest BCUT2D eigenvalue weighted by Gasteiger charge is -2.17. The molecule has 8 aromatic carbocycles. The van der Waals surface area contributed by atoms with E-state index in [9.17, 15) is 0 Å². The molecule has 0 N–H and O–H groups in total. The van der Waals surface area contributed by atoms with Gasteiger partial charge in [0, 0.05) is 33.4 Å². The Morgan fingerprint density at radius 1 is 0.436 bits per heavy atom. The number of aromatic nitrogens is 3. The van der Waals surface area contributed by atoms with E-state index >= 15 is 0 Å². The standard InChI is InChI=1S/C51H33N3O/c1-3-13-32(14-4-1)33-25-27-35(28-26-33)50-52-49(34-15-5-2-6-16-34)53-51(54-50)43-22-12-24-46-48(43)47-37(21-11-23-45(47)55-46)36-29-30-42-40-19-8-7-17-38(40)39-18-9-10-20-41(39)44(42)31-36/h1-25,27-31,33H,26H2. The second-order valence-electron chi connectivity index (χ2n) is 14.3. The summed E-state index contributed by atoms with van der Waals surface area (Å²) < 4.78 is 6.61. The molecule has 1 unspecified atom stereocenters. The van der Waals surface area contributed by atoms with Crippen LogP contribution in [-0.2, 0) is 0 Å². The molecule has 1 aliphatic carbocycles. The van der Waals surface area contributed by atoms with Crippen molar-refractivity contribution in [2.75, 3.05) is 0 Å². The van der Waals surface area contributed by atoms with Crippen LogP contribution in [0.3, 0.4) is 0 Å². The van der Waals surface area contributed by atoms with E-state index in [1.54, 1.807) is 0 Å². The Morgan fingerprint density at radius 3 is 1.67 bits per heavy atom. The molecular weight excluding hydrogens is 671 g/mol. The summed E-state index contributed by atoms with van der Waals surface area (Å²) in [6, 6.07) is 57.6. The molecule has 2 heterocycles. The van der Waals surface area contributed by atoms with Crippen LogP contribution >= 0.6 is 0 Å². The highest BCUT2D eigenvalue weighted by Gasteiger charge is 2.22. The van der Waals surface area contributed by atoms with Crippen LogP contribution in [0.5, 0.6) is 0 Å². The fourth-order valence-electron chi connectivity index (χ4n) is 8.44. The van der Waals surface area contributed by atoms with Gasteiger partial charge in [-0.05, 0) is 73.6 Å². The molecule has 0 saturated heterocycles. The Labute approximate surface area is 317 Å². The molecule has 0 bridgehead atoms. The highest BCUT2D eigenvalue weighted by Crippen LogP contribution is 2.43. The van der Waals surface area contributed by atoms with Crippen molar-refractivity contribution < 1.29 is 4.42 Å². The largest absolute Gasteiger partial charge is 0.456 e. The molecule has 0 aliphatic heterocycles. The van der Waals surface area contributed by atoms with E-state index in [1.807, 2.05) is 30.3 Å². The summed E-state index contributed by atoms with van der Waals surface area (Å²) in [7, 11) is 0. The first-order valence-corrected chi connectivity index (χ1v) is 18.8. The van der Waals surface area contributed by atoms with Gasteiger partial charge in [0.25, 0.3) is 0 Å². The second kappa shape index (κ2) is 12.8. The Hall–Kier alpha value is -7.17. The van der Waals surface area contributed by atoms with Gasteiger partial charge in [-0.25, -0.2) is 15.0 Å². The van der Waals surface area contributed by atoms with Gasteiger partial charge in [0.05, 0.1) is 0 Å². The fourth-order valence-corrected chi connectivity index (χ4v) is 8.44. The van der Waals surface area contributed by atoms with E-state index in [0.29, 0.717) is 23.4 Å². The average Bonchev–Trinajstić information content (AvgIpc) is 3.66. The van der Waals surface area contributed by atoms with Crippen LogP contribution in [-0.4, -0.2) is 15.0 Å². The monoisotopic (exact) mass is 703 g/mol. The summed E-state index contributed by atoms with van der Waals surface area (Å²) >= 11 is 0. The first kappa shape index (κ1) is 31.4. The number of hydrogen-bond donors (Lipinski definition) is 0. The first-order chi connectivity index (χ1) is 27.3. The molecule has 1 aliphatic rings. The van der Waals surface area contributed by atoms with Crippen molar-refractivity contribution in [3.05, 3.63) is 193 Å². The van der Waals surface area contributed by atoms with E-state index in [4.69, 9.17) is 19.4 Å². The van der Waals surface area contributed by atoms with Crippen molar-refractivity contribution in [3.8, 4) is 33.9 Å². The molecule has 258 valence electrons. The third kappa shape index (κ3) is 5.25. The Kier molecular flexibility index (Phi) is 7.27. The number of benzene rings is 8. The number of allylic oxidation sites excluding steroid dienone is 4. The molecule has 0 fully saturated rings. The molecule has 0 amide bonds. The van der Waals surface area contributed by atoms with E-state index in [2.05, 4.69) is 152 Å². The Bertz CT molecular complexity index is 3140. The highest BCUT2D eigenvalue weighted by atomic mass is 16.3. The summed E-state index contributed by atoms with van der Waals surface area (Å²) in [6.07, 6.45) is 7.56. The summed E-state index contributed by atoms with van der Waals surface area (Å²) in [6.45, 7) is 0. The van der Waals surface area contributed by atoms with E-state index in [1.165, 1.54) is 37.9 Å². The molecule has 0 radical (unpaired) electrons. The van der Waals surface area contributed by atoms with Gasteiger partial charge in [-0.3, -0.25) is 0 Å². The smallest absolute Gasteiger partial charge is 0.164 e. The average molecular weight is 704 g/mol. The predicted octanol–water partition coefficient (Wildman–Crippen LogP) is 13.4. The summed E-state index contributed by atoms with van der Waals surface area (Å²) in [5.74, 6) is 2.22. The minimum absolute atomic E-state index is 0.316. The third-order valence-electron chi connectivity index (χ3n) is 11.1. The lowest BCUT2D eigenvalue weighted by molar-refractivity contribution is 0.669. The fraction of sp³-hybridized carbons (Fsp3) is 0.0392. The molecule has 1 atom stereocenters. The maximum Gasteiger partial charge on any atom is 0.164 e. The number of hydrogen-bond acceptors (Lipinski definition) is 4. The van der Waals surface area contributed by atoms with Crippen molar-refractivity contribution in [2.24, 2.45) is 0 Å². The van der Waals surface area contributed by atoms with E-state index < -0.39 is 0 Å². The molecule has 10 aromatic rings. The van der Waals surface area contributed by atoms with Crippen LogP contribution in [0.15, 0.2) is 186 Å². The van der Waals surface area contributed by atoms with Crippen molar-refractivity contribution in [3.63, 3.8) is 0 Å². The van der Waals surface area contributed by atoms with Crippen molar-refractivity contribution in [1.29, 1.82) is 0 Å². The minimum atomic E-state index is 0.316. The molecule has 2 aromatic heterocycles. The van der Waals surface area contributed by atoms with Crippen molar-refractivity contribution >= 4 is 59.8 Å². The molecule has 4 nitrogen and oxygen atoms in total. The quantitative estimate of drug-likeness (QED) is 0.167. The van der Waals surface area contributed by atoms with E-state index in [-0.39, 0.29) is 0 Å². The maximum absolute atomic E-state index is 6.61. The van der Waals surface area contributed by atoms with Gasteiger partial charge in [0.2, 0.25) is 0 Å². The normalized spacial score (nSPS) is 14.3. The number of rotatable bonds is 5. The lowest BCUT2D eigenvalue weighted by Crippen LogP contribution is -2.05. The van der Waals surface area contributed by atoms with E-state index in [0.717, 1.165) is 56.2 Å². The molecule has 0 spiro atoms. The molecule has 55 heavy (non-hydrogen) atoms. The van der Waals surface area contributed by atoms with Gasteiger partial charge in [0.15, 0.2) is 17.5 Å². The summed E-state index contributed by atoms with van der Waals surface area (Å²) in [5, 5.41) is 9.55. The number of nitrogens with zero attached hydrogens (tertiary/aromatic N) is 3. The predicted molar refractivity (Wildman–Crippen MR) is 227 cm³/mol. The van der Waals surface area contributed by atoms with Crippen molar-refractivity contribution in [1.82, 2.24) is 15.0 Å². The van der Waals surface area contributed by atoms with Crippen LogP contribution in [0.2, 0.25) is 0 Å². The van der Waals surface area contributed by atoms with Gasteiger partial charge in [-0.1, -0.05) is 164 Å². The van der Waals surface area contributed by atoms with Crippen molar-refractivity contribution in [2.45, 2.75) is 12.3 Å². The third-order valence-corrected chi connectivity index (χ3v) is 11.1. The SMILES string of the molecule is C1=CC(c2ccccc2)CC=C1c1nc(-c2ccccc2)nc(-c2cccc3oc4cccc(-c5ccc6c7ccccc7c7ccccc7c6c5)c4c23)n1. The summed E-state index contributed by atoms with van der Waals surface area (Å²) in [5.41, 5.74) is 7.99. The molecule has 11 rings (SSSR count). The minimum Gasteiger partial charge on any atom is -0.456 e. The van der Waals surface area contributed by atoms with Crippen LogP contribution in [0.1, 0.15) is 23.7 Å². The van der Waals surface area contributed by atoms with Gasteiger partial charge >= 0.3 is 0 Å². The number of fused-ring (bicyclic) bond motifs is 9. The number of furan rings is 1. The zero-order valence-electron chi connectivity index (χ0n) is 29.9. The van der Waals surface area contributed by atoms with Gasteiger partial charge in [-0.2, -0.15) is 0 Å².